The molecule has 5 rings (SSSR count). The number of benzene rings is 1. The number of ketones is 1. The highest BCUT2D eigenvalue weighted by atomic mass is 16.2. The highest BCUT2D eigenvalue weighted by Crippen LogP contribution is 2.43. The molecule has 0 bridgehead atoms. The predicted octanol–water partition coefficient (Wildman–Crippen LogP) is 4.67. The molecular formula is C29H37N7O2. The molecule has 4 atom stereocenters. The van der Waals surface area contributed by atoms with Gasteiger partial charge in [0.1, 0.15) is 5.78 Å². The third-order valence-corrected chi connectivity index (χ3v) is 8.52. The second kappa shape index (κ2) is 11.0. The number of aryl methyl sites for hydroxylation is 1. The molecule has 1 aromatic carbocycles. The lowest BCUT2D eigenvalue weighted by Crippen LogP contribution is -2.39. The molecule has 9 nitrogen and oxygen atoms in total. The van der Waals surface area contributed by atoms with Crippen LogP contribution >= 0.6 is 0 Å². The molecule has 1 saturated carbocycles. The van der Waals surface area contributed by atoms with Crippen LogP contribution in [0.5, 0.6) is 0 Å². The number of H-pyrrole nitrogens is 1. The Labute approximate surface area is 223 Å². The Kier molecular flexibility index (Phi) is 7.53. The van der Waals surface area contributed by atoms with Crippen molar-refractivity contribution in [1.82, 2.24) is 29.8 Å². The molecular weight excluding hydrogens is 478 g/mol. The largest absolute Gasteiger partial charge is 0.328 e. The summed E-state index contributed by atoms with van der Waals surface area (Å²) in [6, 6.07) is 8.09. The van der Waals surface area contributed by atoms with Crippen LogP contribution in [0.1, 0.15) is 76.6 Å². The first-order chi connectivity index (χ1) is 18.5. The van der Waals surface area contributed by atoms with Gasteiger partial charge in [-0.3, -0.25) is 18.9 Å². The first-order valence-corrected chi connectivity index (χ1v) is 13.8. The highest BCUT2D eigenvalue weighted by Gasteiger charge is 2.41. The summed E-state index contributed by atoms with van der Waals surface area (Å²) in [6.07, 6.45) is 14.3. The number of Topliss-reactive ketones (excluding diaryl/α,β-unsaturated/α-hetero) is 1. The number of aromatic nitrogens is 6. The van der Waals surface area contributed by atoms with E-state index in [1.807, 2.05) is 33.7 Å². The van der Waals surface area contributed by atoms with E-state index in [1.165, 1.54) is 0 Å². The van der Waals surface area contributed by atoms with E-state index >= 15 is 0 Å². The Morgan fingerprint density at radius 2 is 2.11 bits per heavy atom. The van der Waals surface area contributed by atoms with Gasteiger partial charge in [0.2, 0.25) is 0 Å². The Morgan fingerprint density at radius 1 is 1.24 bits per heavy atom. The highest BCUT2D eigenvalue weighted by molar-refractivity contribution is 5.79. The summed E-state index contributed by atoms with van der Waals surface area (Å²) in [5, 5.41) is 14.4. The number of hydrogen-bond acceptors (Lipinski definition) is 6. The van der Waals surface area contributed by atoms with E-state index in [0.717, 1.165) is 55.3 Å². The predicted molar refractivity (Wildman–Crippen MR) is 147 cm³/mol. The topological polar surface area (TPSA) is 111 Å². The van der Waals surface area contributed by atoms with E-state index in [4.69, 9.17) is 0 Å². The van der Waals surface area contributed by atoms with Crippen molar-refractivity contribution >= 4 is 12.0 Å². The van der Waals surface area contributed by atoms with Crippen LogP contribution in [-0.2, 0) is 23.2 Å². The lowest BCUT2D eigenvalue weighted by Gasteiger charge is -2.32. The maximum absolute atomic E-state index is 14.2. The van der Waals surface area contributed by atoms with Crippen LogP contribution in [0, 0.1) is 11.8 Å². The molecule has 200 valence electrons. The molecule has 1 N–H and O–H groups in total. The zero-order valence-corrected chi connectivity index (χ0v) is 22.5. The fraction of sp³-hybridized carbons (Fsp3) is 0.517. The molecule has 9 heteroatoms. The zero-order chi connectivity index (χ0) is 26.7. The van der Waals surface area contributed by atoms with Crippen LogP contribution in [0.25, 0.3) is 11.4 Å². The number of carbonyl (C=O) groups excluding carboxylic acids is 1. The summed E-state index contributed by atoms with van der Waals surface area (Å²) in [5.74, 6) is 1.02. The first kappa shape index (κ1) is 26.0. The van der Waals surface area contributed by atoms with Gasteiger partial charge in [-0.25, -0.2) is 9.89 Å². The van der Waals surface area contributed by atoms with E-state index in [9.17, 15) is 9.59 Å². The number of aromatic amines is 1. The minimum atomic E-state index is -0.456. The van der Waals surface area contributed by atoms with E-state index in [1.54, 1.807) is 6.92 Å². The lowest BCUT2D eigenvalue weighted by molar-refractivity contribution is -0.121. The molecule has 0 radical (unpaired) electrons. The SMILES string of the molecule is CCCCc1cn(C2C(CC)CCC2C(C)=O)c(=O)n1CC1(c2cccc(-c3nnn[nH]3)c2)C=CN=CC1. The number of rotatable bonds is 10. The maximum atomic E-state index is 14.2. The van der Waals surface area contributed by atoms with Gasteiger partial charge in [-0.15, -0.1) is 5.10 Å². The minimum Gasteiger partial charge on any atom is -0.300 e. The third-order valence-electron chi connectivity index (χ3n) is 8.52. The van der Waals surface area contributed by atoms with Crippen molar-refractivity contribution in [2.45, 2.75) is 83.7 Å². The Bertz CT molecular complexity index is 1380. The van der Waals surface area contributed by atoms with Crippen LogP contribution in [-0.4, -0.2) is 41.8 Å². The molecule has 3 aromatic rings. The smallest absolute Gasteiger partial charge is 0.300 e. The fourth-order valence-corrected chi connectivity index (χ4v) is 6.35. The van der Waals surface area contributed by atoms with Crippen LogP contribution in [0.2, 0.25) is 0 Å². The molecule has 0 spiro atoms. The quantitative estimate of drug-likeness (QED) is 0.422. The molecule has 4 unspecified atom stereocenters. The van der Waals surface area contributed by atoms with Crippen molar-refractivity contribution in [3.8, 4) is 11.4 Å². The van der Waals surface area contributed by atoms with E-state index in [-0.39, 0.29) is 23.4 Å². The maximum Gasteiger partial charge on any atom is 0.328 e. The van der Waals surface area contributed by atoms with E-state index in [0.29, 0.717) is 24.7 Å². The van der Waals surface area contributed by atoms with Gasteiger partial charge in [0, 0.05) is 47.7 Å². The Morgan fingerprint density at radius 3 is 2.79 bits per heavy atom. The first-order valence-electron chi connectivity index (χ1n) is 13.8. The summed E-state index contributed by atoms with van der Waals surface area (Å²) in [4.78, 5) is 31.1. The minimum absolute atomic E-state index is 0.0152. The van der Waals surface area contributed by atoms with Crippen molar-refractivity contribution in [3.05, 3.63) is 64.5 Å². The number of nitrogens with one attached hydrogen (secondary N) is 1. The summed E-state index contributed by atoms with van der Waals surface area (Å²) < 4.78 is 3.87. The number of nitrogens with zero attached hydrogens (tertiary/aromatic N) is 6. The van der Waals surface area contributed by atoms with Crippen molar-refractivity contribution in [1.29, 1.82) is 0 Å². The molecule has 0 saturated heterocycles. The molecule has 2 aromatic heterocycles. The van der Waals surface area contributed by atoms with E-state index in [2.05, 4.69) is 63.9 Å². The molecule has 3 heterocycles. The lowest BCUT2D eigenvalue weighted by atomic mass is 9.76. The summed E-state index contributed by atoms with van der Waals surface area (Å²) in [6.45, 7) is 6.50. The molecule has 1 aliphatic carbocycles. The van der Waals surface area contributed by atoms with Gasteiger partial charge in [0.25, 0.3) is 0 Å². The number of carbonyl (C=O) groups is 1. The van der Waals surface area contributed by atoms with E-state index < -0.39 is 5.41 Å². The molecule has 2 aliphatic rings. The third kappa shape index (κ3) is 4.81. The average Bonchev–Trinajstić information content (AvgIpc) is 3.68. The van der Waals surface area contributed by atoms with Gasteiger partial charge in [0.05, 0.1) is 6.04 Å². The van der Waals surface area contributed by atoms with Gasteiger partial charge < -0.3 is 0 Å². The average molecular weight is 516 g/mol. The van der Waals surface area contributed by atoms with Gasteiger partial charge >= 0.3 is 5.69 Å². The Balaban J connectivity index is 1.59. The standard InChI is InChI=1S/C29H37N7O2/c1-4-6-10-24-18-35(26-21(5-2)11-12-25(26)20(3)37)28(38)36(24)19-29(13-15-30-16-14-29)23-9-7-8-22(17-23)27-31-33-34-32-27/h7-9,13,15-18,21,25-26H,4-6,10-12,14,19H2,1-3H3,(H,31,32,33,34). The van der Waals surface area contributed by atoms with Crippen molar-refractivity contribution < 1.29 is 4.79 Å². The number of hydrogen-bond donors (Lipinski definition) is 1. The van der Waals surface area contributed by atoms with Crippen LogP contribution in [0.15, 0.2) is 52.5 Å². The number of unbranched alkanes of at least 4 members (excludes halogenated alkanes) is 1. The summed E-state index contributed by atoms with van der Waals surface area (Å²) >= 11 is 0. The molecule has 0 amide bonds. The van der Waals surface area contributed by atoms with Gasteiger partial charge in [-0.2, -0.15) is 0 Å². The van der Waals surface area contributed by atoms with Crippen molar-refractivity contribution in [2.24, 2.45) is 16.8 Å². The van der Waals surface area contributed by atoms with Crippen LogP contribution < -0.4 is 5.69 Å². The van der Waals surface area contributed by atoms with Crippen LogP contribution in [0.4, 0.5) is 0 Å². The zero-order valence-electron chi connectivity index (χ0n) is 22.5. The second-order valence-corrected chi connectivity index (χ2v) is 10.8. The van der Waals surface area contributed by atoms with Crippen molar-refractivity contribution in [3.63, 3.8) is 0 Å². The number of tetrazole rings is 1. The van der Waals surface area contributed by atoms with Gasteiger partial charge in [-0.05, 0) is 67.0 Å². The Hall–Kier alpha value is -3.62. The molecule has 1 aliphatic heterocycles. The molecule has 38 heavy (non-hydrogen) atoms. The number of imidazole rings is 1. The fourth-order valence-electron chi connectivity index (χ4n) is 6.35. The number of allylic oxidation sites excluding steroid dienone is 1. The number of aliphatic imine (C=N–C) groups is 1. The van der Waals surface area contributed by atoms with Crippen molar-refractivity contribution in [2.75, 3.05) is 0 Å². The second-order valence-electron chi connectivity index (χ2n) is 10.8. The molecule has 1 fully saturated rings. The monoisotopic (exact) mass is 515 g/mol. The van der Waals surface area contributed by atoms with Gasteiger partial charge in [-0.1, -0.05) is 51.0 Å². The summed E-state index contributed by atoms with van der Waals surface area (Å²) in [5.41, 5.74) is 2.52. The van der Waals surface area contributed by atoms with Crippen LogP contribution in [0.3, 0.4) is 0 Å². The van der Waals surface area contributed by atoms with Gasteiger partial charge in [0.15, 0.2) is 5.82 Å². The normalized spacial score (nSPS) is 24.8. The summed E-state index contributed by atoms with van der Waals surface area (Å²) in [7, 11) is 0.